The van der Waals surface area contributed by atoms with Crippen LogP contribution in [-0.4, -0.2) is 75.8 Å². The maximum Gasteiger partial charge on any atom is 0.262 e. The van der Waals surface area contributed by atoms with Crippen molar-refractivity contribution >= 4 is 118 Å². The fourth-order valence-electron chi connectivity index (χ4n) is 5.35. The lowest BCUT2D eigenvalue weighted by atomic mass is 10.1. The van der Waals surface area contributed by atoms with Crippen molar-refractivity contribution in [1.82, 2.24) is 0 Å². The molecule has 27 nitrogen and oxygen atoms in total. The fourth-order valence-corrected chi connectivity index (χ4v) is 12.6. The Morgan fingerprint density at radius 1 is 0.281 bits per heavy atom. The third-order valence-corrected chi connectivity index (χ3v) is 17.7. The Balaban J connectivity index is 1.77. The van der Waals surface area contributed by atoms with Gasteiger partial charge in [-0.05, 0) is 84.2 Å². The molecule has 15 N–H and O–H groups in total. The maximum absolute atomic E-state index is 14.1. The van der Waals surface area contributed by atoms with Gasteiger partial charge in [-0.15, -0.1) is 0 Å². The molecule has 0 aliphatic heterocycles. The predicted octanol–water partition coefficient (Wildman–Crippen LogP) is -2.87. The van der Waals surface area contributed by atoms with Crippen LogP contribution < -0.4 is 45.0 Å². The van der Waals surface area contributed by atoms with Gasteiger partial charge in [-0.2, -0.15) is 0 Å². The topological polar surface area (TPSA) is 499 Å². The number of hydrogen-bond acceptors (Lipinski definition) is 18. The van der Waals surface area contributed by atoms with Crippen LogP contribution in [0.15, 0.2) is 129 Å². The van der Waals surface area contributed by atoms with Gasteiger partial charge in [0.15, 0.2) is 0 Å². The van der Waals surface area contributed by atoms with Gasteiger partial charge < -0.3 is 0 Å². The van der Waals surface area contributed by atoms with Crippen LogP contribution in [0.5, 0.6) is 0 Å². The van der Waals surface area contributed by atoms with Gasteiger partial charge in [-0.25, -0.2) is 107 Å². The number of rotatable bonds is 15. The van der Waals surface area contributed by atoms with Gasteiger partial charge in [-0.1, -0.05) is 6.07 Å². The second-order valence-corrected chi connectivity index (χ2v) is 27.4. The quantitative estimate of drug-likeness (QED) is 0.0509. The van der Waals surface area contributed by atoms with Crippen LogP contribution in [-0.2, 0) is 90.2 Å². The Morgan fingerprint density at radius 2 is 0.547 bits per heavy atom. The highest BCUT2D eigenvalue weighted by Gasteiger charge is 2.28. The molecule has 64 heavy (non-hydrogen) atoms. The van der Waals surface area contributed by atoms with Crippen molar-refractivity contribution < 1.29 is 75.8 Å². The standard InChI is InChI=1S/C28H29N9O18S9/c29-56(38,39)20-5-16(6-21(11-20)57(30,40)41)35-62(50,51)19-1-2-27-15(3-19)4-26(63(52,53)36-17-7-22(58(31,42)43)12-23(8-17)59(32,44)45)14-28(27)64(54,55)37-18-9-24(60(33,46)47)13-25(10-18)61(34,48)49/h1-14,35-37H,(H2,29,38,39)(H2,30,40,41)(H2,31,42,43)(H2,32,44,45)(H2,33,46,47)(H2,34,48,49). The van der Waals surface area contributed by atoms with E-state index in [2.05, 4.69) is 0 Å². The van der Waals surface area contributed by atoms with Crippen LogP contribution in [0.4, 0.5) is 17.1 Å². The second kappa shape index (κ2) is 16.2. The van der Waals surface area contributed by atoms with Gasteiger partial charge in [0.25, 0.3) is 30.1 Å². The van der Waals surface area contributed by atoms with Gasteiger partial charge in [0.05, 0.1) is 61.1 Å². The van der Waals surface area contributed by atoms with Gasteiger partial charge in [0.2, 0.25) is 60.1 Å². The molecule has 0 aliphatic carbocycles. The molecular formula is C28H29N9O18S9. The number of primary sulfonamides is 6. The van der Waals surface area contributed by atoms with E-state index in [0.717, 1.165) is 12.1 Å². The largest absolute Gasteiger partial charge is 0.280 e. The molecule has 0 amide bonds. The highest BCUT2D eigenvalue weighted by Crippen LogP contribution is 2.34. The average molecular weight is 1070 g/mol. The van der Waals surface area contributed by atoms with Gasteiger partial charge in [-0.3, -0.25) is 14.2 Å². The smallest absolute Gasteiger partial charge is 0.262 e. The van der Waals surface area contributed by atoms with Crippen molar-refractivity contribution in [2.24, 2.45) is 30.8 Å². The van der Waals surface area contributed by atoms with E-state index < -0.39 is 162 Å². The SMILES string of the molecule is NS(=O)(=O)c1cc(NS(=O)(=O)c2ccc3c(S(=O)(=O)Nc4cc(S(N)(=O)=O)cc(S(N)(=O)=O)c4)cc(S(=O)(=O)Nc4cc(S(N)(=O)=O)cc(S(N)(=O)=O)c4)cc3c2)cc(S(N)(=O)=O)c1. The summed E-state index contributed by atoms with van der Waals surface area (Å²) in [5.41, 5.74) is -2.42. The van der Waals surface area contributed by atoms with Crippen LogP contribution in [0.25, 0.3) is 10.8 Å². The molecular weight excluding hydrogens is 1040 g/mol. The molecule has 0 aliphatic rings. The first-order valence-electron chi connectivity index (χ1n) is 16.0. The second-order valence-electron chi connectivity index (χ2n) is 13.0. The Kier molecular flexibility index (Phi) is 12.7. The molecule has 0 radical (unpaired) electrons. The zero-order chi connectivity index (χ0) is 48.6. The van der Waals surface area contributed by atoms with Crippen molar-refractivity contribution in [1.29, 1.82) is 0 Å². The molecule has 0 saturated heterocycles. The minimum absolute atomic E-state index is 0.432. The first-order chi connectivity index (χ1) is 28.7. The van der Waals surface area contributed by atoms with Crippen molar-refractivity contribution in [2.45, 2.75) is 44.1 Å². The molecule has 0 aromatic heterocycles. The number of fused-ring (bicyclic) bond motifs is 1. The van der Waals surface area contributed by atoms with E-state index >= 15 is 0 Å². The van der Waals surface area contributed by atoms with E-state index in [4.69, 9.17) is 30.8 Å². The van der Waals surface area contributed by atoms with E-state index in [-0.39, 0.29) is 0 Å². The van der Waals surface area contributed by atoms with Crippen molar-refractivity contribution in [3.05, 3.63) is 84.9 Å². The van der Waals surface area contributed by atoms with Crippen LogP contribution in [0.2, 0.25) is 0 Å². The van der Waals surface area contributed by atoms with Crippen LogP contribution in [0.3, 0.4) is 0 Å². The van der Waals surface area contributed by atoms with Crippen LogP contribution in [0.1, 0.15) is 0 Å². The highest BCUT2D eigenvalue weighted by molar-refractivity contribution is 7.94. The molecule has 0 unspecified atom stereocenters. The molecule has 0 spiro atoms. The number of benzene rings is 5. The normalized spacial score (nSPS) is 13.7. The Bertz CT molecular complexity index is 3750. The summed E-state index contributed by atoms with van der Waals surface area (Å²) in [6.45, 7) is 0. The number of anilines is 3. The van der Waals surface area contributed by atoms with Gasteiger partial charge >= 0.3 is 0 Å². The zero-order valence-corrected chi connectivity index (χ0v) is 38.4. The summed E-state index contributed by atoms with van der Waals surface area (Å²) < 4.78 is 235. The lowest BCUT2D eigenvalue weighted by Crippen LogP contribution is -2.20. The Hall–Kier alpha value is -4.93. The molecule has 0 fully saturated rings. The van der Waals surface area contributed by atoms with Crippen molar-refractivity contribution in [3.63, 3.8) is 0 Å². The minimum Gasteiger partial charge on any atom is -0.280 e. The van der Waals surface area contributed by atoms with E-state index in [1.54, 1.807) is 0 Å². The molecule has 5 aromatic rings. The van der Waals surface area contributed by atoms with E-state index in [9.17, 15) is 75.8 Å². The number of nitrogens with one attached hydrogen (secondary N) is 3. The zero-order valence-electron chi connectivity index (χ0n) is 31.1. The number of nitrogens with two attached hydrogens (primary N) is 6. The molecule has 36 heteroatoms. The molecule has 348 valence electrons. The molecule has 5 aromatic carbocycles. The summed E-state index contributed by atoms with van der Waals surface area (Å²) in [6.07, 6.45) is 0. The van der Waals surface area contributed by atoms with E-state index in [1.165, 1.54) is 0 Å². The number of hydrogen-bond donors (Lipinski definition) is 9. The summed E-state index contributed by atoms with van der Waals surface area (Å²) in [5.74, 6) is 0. The summed E-state index contributed by atoms with van der Waals surface area (Å²) in [7, 11) is -44.1. The Morgan fingerprint density at radius 3 is 0.844 bits per heavy atom. The van der Waals surface area contributed by atoms with Gasteiger partial charge in [0, 0.05) is 5.39 Å². The molecule has 0 saturated carbocycles. The number of sulfonamides is 9. The third kappa shape index (κ3) is 11.5. The van der Waals surface area contributed by atoms with Crippen LogP contribution in [0, 0.1) is 0 Å². The van der Waals surface area contributed by atoms with Crippen LogP contribution >= 0.6 is 0 Å². The lowest BCUT2D eigenvalue weighted by Gasteiger charge is -2.16. The summed E-state index contributed by atoms with van der Waals surface area (Å²) >= 11 is 0. The predicted molar refractivity (Wildman–Crippen MR) is 224 cm³/mol. The molecule has 0 bridgehead atoms. The molecule has 5 rings (SSSR count). The van der Waals surface area contributed by atoms with Crippen molar-refractivity contribution in [2.75, 3.05) is 14.2 Å². The van der Waals surface area contributed by atoms with Crippen molar-refractivity contribution in [3.8, 4) is 0 Å². The first kappa shape index (κ1) is 50.1. The monoisotopic (exact) mass is 1070 g/mol. The lowest BCUT2D eigenvalue weighted by molar-refractivity contribution is 0.592. The molecule has 0 heterocycles. The summed E-state index contributed by atoms with van der Waals surface area (Å²) in [6, 6.07) is 8.16. The Labute approximate surface area is 365 Å². The summed E-state index contributed by atoms with van der Waals surface area (Å²) in [5, 5.41) is 29.5. The van der Waals surface area contributed by atoms with E-state index in [0.29, 0.717) is 72.8 Å². The molecule has 0 atom stereocenters. The highest BCUT2D eigenvalue weighted by atomic mass is 32.2. The maximum atomic E-state index is 14.1. The third-order valence-electron chi connectivity index (χ3n) is 8.14. The van der Waals surface area contributed by atoms with Gasteiger partial charge in [0.1, 0.15) is 0 Å². The average Bonchev–Trinajstić information content (AvgIpc) is 3.11. The van der Waals surface area contributed by atoms with E-state index in [1.807, 2.05) is 14.2 Å². The fraction of sp³-hybridized carbons (Fsp3) is 0. The first-order valence-corrected chi connectivity index (χ1v) is 29.7. The summed E-state index contributed by atoms with van der Waals surface area (Å²) in [4.78, 5) is -8.78. The minimum atomic E-state index is -5.31.